The number of nitrogens with zero attached hydrogens (tertiary/aromatic N) is 1. The van der Waals surface area contributed by atoms with Gasteiger partial charge in [0.05, 0.1) is 12.4 Å². The van der Waals surface area contributed by atoms with Gasteiger partial charge in [-0.25, -0.2) is 9.78 Å². The monoisotopic (exact) mass is 528 g/mol. The average Bonchev–Trinajstić information content (AvgIpc) is 3.39. The van der Waals surface area contributed by atoms with Crippen molar-refractivity contribution in [1.82, 2.24) is 25.9 Å². The molecule has 0 aliphatic heterocycles. The molecule has 2 aromatic rings. The molecule has 1 heterocycles. The molecule has 0 saturated heterocycles. The van der Waals surface area contributed by atoms with Crippen molar-refractivity contribution < 1.29 is 24.3 Å². The number of H-pyrrole nitrogens is 1. The summed E-state index contributed by atoms with van der Waals surface area (Å²) in [6, 6.07) is 5.12. The van der Waals surface area contributed by atoms with Crippen LogP contribution < -0.4 is 21.7 Å². The first-order chi connectivity index (χ1) is 18.0. The molecule has 2 rings (SSSR count). The zero-order valence-electron chi connectivity index (χ0n) is 22.4. The highest BCUT2D eigenvalue weighted by atomic mass is 16.4. The number of aromatic nitrogens is 2. The molecule has 38 heavy (non-hydrogen) atoms. The third kappa shape index (κ3) is 9.62. The molecule has 0 fully saturated rings. The highest BCUT2D eigenvalue weighted by molar-refractivity contribution is 5.94. The lowest BCUT2D eigenvalue weighted by atomic mass is 9.98. The van der Waals surface area contributed by atoms with E-state index in [0.29, 0.717) is 18.5 Å². The molecule has 0 saturated carbocycles. The van der Waals surface area contributed by atoms with Crippen LogP contribution in [0.4, 0.5) is 0 Å². The predicted molar refractivity (Wildman–Crippen MR) is 143 cm³/mol. The van der Waals surface area contributed by atoms with Gasteiger partial charge in [-0.1, -0.05) is 64.4 Å². The molecule has 1 aromatic carbocycles. The minimum Gasteiger partial charge on any atom is -0.480 e. The Labute approximate surface area is 223 Å². The van der Waals surface area contributed by atoms with E-state index in [2.05, 4.69) is 25.9 Å². The first-order valence-electron chi connectivity index (χ1n) is 12.9. The first kappa shape index (κ1) is 30.5. The molecular formula is C27H40N6O5. The average molecular weight is 529 g/mol. The topological polar surface area (TPSA) is 179 Å². The first-order valence-corrected chi connectivity index (χ1v) is 12.9. The number of amides is 3. The van der Waals surface area contributed by atoms with Crippen LogP contribution in [0.25, 0.3) is 0 Å². The Morgan fingerprint density at radius 3 is 2.11 bits per heavy atom. The summed E-state index contributed by atoms with van der Waals surface area (Å²) in [5.74, 6) is -3.00. The minimum absolute atomic E-state index is 0.0449. The molecule has 0 aliphatic rings. The summed E-state index contributed by atoms with van der Waals surface area (Å²) >= 11 is 0. The van der Waals surface area contributed by atoms with E-state index < -0.39 is 47.9 Å². The van der Waals surface area contributed by atoms with Gasteiger partial charge in [0, 0.05) is 24.7 Å². The Morgan fingerprint density at radius 1 is 0.947 bits per heavy atom. The summed E-state index contributed by atoms with van der Waals surface area (Å²) < 4.78 is 0. The molecule has 0 spiro atoms. The van der Waals surface area contributed by atoms with E-state index in [1.165, 1.54) is 12.5 Å². The molecule has 7 N–H and O–H groups in total. The Bertz CT molecular complexity index is 1040. The largest absolute Gasteiger partial charge is 0.480 e. The van der Waals surface area contributed by atoms with Crippen molar-refractivity contribution >= 4 is 23.7 Å². The van der Waals surface area contributed by atoms with E-state index in [9.17, 15) is 24.3 Å². The van der Waals surface area contributed by atoms with Crippen molar-refractivity contribution in [3.05, 3.63) is 54.1 Å². The summed E-state index contributed by atoms with van der Waals surface area (Å²) in [6.45, 7) is 7.46. The van der Waals surface area contributed by atoms with Gasteiger partial charge in [0.1, 0.15) is 18.1 Å². The minimum atomic E-state index is -1.16. The maximum absolute atomic E-state index is 13.5. The summed E-state index contributed by atoms with van der Waals surface area (Å²) in [5, 5.41) is 17.6. The number of nitrogens with one attached hydrogen (secondary N) is 4. The van der Waals surface area contributed by atoms with E-state index >= 15 is 0 Å². The Hall–Kier alpha value is -3.73. The fraction of sp³-hybridized carbons (Fsp3) is 0.519. The highest BCUT2D eigenvalue weighted by Crippen LogP contribution is 2.11. The van der Waals surface area contributed by atoms with Crippen LogP contribution in [0.5, 0.6) is 0 Å². The van der Waals surface area contributed by atoms with Gasteiger partial charge in [0.25, 0.3) is 0 Å². The maximum Gasteiger partial charge on any atom is 0.326 e. The Kier molecular flexibility index (Phi) is 11.9. The van der Waals surface area contributed by atoms with Crippen LogP contribution in [-0.4, -0.2) is 62.9 Å². The van der Waals surface area contributed by atoms with Crippen LogP contribution in [0, 0.1) is 11.8 Å². The second kappa shape index (κ2) is 14.9. The van der Waals surface area contributed by atoms with Gasteiger partial charge in [0.2, 0.25) is 17.7 Å². The van der Waals surface area contributed by atoms with Crippen LogP contribution in [0.3, 0.4) is 0 Å². The standard InChI is InChI=1S/C27H40N6O5/c1-5-17(4)23(27(37)38)33-26(36)22(13-19-14-29-15-30-19)32-25(35)21(12-18-9-7-6-8-10-18)31-24(34)20(28)11-16(2)3/h6-10,14-17,20-23H,5,11-13,28H2,1-4H3,(H,29,30)(H,31,34)(H,32,35)(H,33,36)(H,37,38). The molecular weight excluding hydrogens is 488 g/mol. The van der Waals surface area contributed by atoms with Gasteiger partial charge >= 0.3 is 5.97 Å². The summed E-state index contributed by atoms with van der Waals surface area (Å²) in [7, 11) is 0. The summed E-state index contributed by atoms with van der Waals surface area (Å²) in [6.07, 6.45) is 4.17. The van der Waals surface area contributed by atoms with E-state index in [-0.39, 0.29) is 24.7 Å². The highest BCUT2D eigenvalue weighted by Gasteiger charge is 2.32. The Balaban J connectivity index is 2.28. The SMILES string of the molecule is CCC(C)C(NC(=O)C(Cc1cnc[nH]1)NC(=O)C(Cc1ccccc1)NC(=O)C(N)CC(C)C)C(=O)O. The zero-order chi connectivity index (χ0) is 28.2. The zero-order valence-corrected chi connectivity index (χ0v) is 22.4. The number of hydrogen-bond acceptors (Lipinski definition) is 6. The van der Waals surface area contributed by atoms with Crippen molar-refractivity contribution in [3.63, 3.8) is 0 Å². The van der Waals surface area contributed by atoms with E-state index in [1.807, 2.05) is 51.1 Å². The van der Waals surface area contributed by atoms with E-state index in [0.717, 1.165) is 5.56 Å². The van der Waals surface area contributed by atoms with Crippen molar-refractivity contribution in [1.29, 1.82) is 0 Å². The molecule has 0 bridgehead atoms. The van der Waals surface area contributed by atoms with Crippen LogP contribution in [0.2, 0.25) is 0 Å². The number of rotatable bonds is 15. The van der Waals surface area contributed by atoms with E-state index in [1.54, 1.807) is 6.92 Å². The number of aliphatic carboxylic acids is 1. The van der Waals surface area contributed by atoms with Crippen LogP contribution in [0.1, 0.15) is 51.8 Å². The third-order valence-electron chi connectivity index (χ3n) is 6.37. The number of aromatic amines is 1. The molecule has 0 aliphatic carbocycles. The number of nitrogens with two attached hydrogens (primary N) is 1. The summed E-state index contributed by atoms with van der Waals surface area (Å²) in [4.78, 5) is 58.2. The smallest absolute Gasteiger partial charge is 0.326 e. The predicted octanol–water partition coefficient (Wildman–Crippen LogP) is 1.15. The van der Waals surface area contributed by atoms with Gasteiger partial charge in [-0.3, -0.25) is 14.4 Å². The molecule has 5 unspecified atom stereocenters. The van der Waals surface area contributed by atoms with Gasteiger partial charge < -0.3 is 31.8 Å². The molecule has 1 aromatic heterocycles. The summed E-state index contributed by atoms with van der Waals surface area (Å²) in [5.41, 5.74) is 7.43. The third-order valence-corrected chi connectivity index (χ3v) is 6.37. The number of hydrogen-bond donors (Lipinski definition) is 6. The number of carbonyl (C=O) groups excluding carboxylic acids is 3. The lowest BCUT2D eigenvalue weighted by molar-refractivity contribution is -0.143. The number of carboxylic acid groups (broad SMARTS) is 1. The molecule has 11 nitrogen and oxygen atoms in total. The molecule has 3 amide bonds. The molecule has 5 atom stereocenters. The number of imidazole rings is 1. The van der Waals surface area contributed by atoms with Gasteiger partial charge in [-0.15, -0.1) is 0 Å². The van der Waals surface area contributed by atoms with Crippen molar-refractivity contribution in [2.75, 3.05) is 0 Å². The number of carboxylic acids is 1. The number of carbonyl (C=O) groups is 4. The number of benzene rings is 1. The Morgan fingerprint density at radius 2 is 1.55 bits per heavy atom. The van der Waals surface area contributed by atoms with Gasteiger partial charge in [0.15, 0.2) is 0 Å². The molecule has 208 valence electrons. The second-order valence-electron chi connectivity index (χ2n) is 10.0. The molecule has 0 radical (unpaired) electrons. The van der Waals surface area contributed by atoms with Crippen molar-refractivity contribution in [2.24, 2.45) is 17.6 Å². The van der Waals surface area contributed by atoms with Gasteiger partial charge in [-0.05, 0) is 23.8 Å². The van der Waals surface area contributed by atoms with Crippen LogP contribution in [0.15, 0.2) is 42.9 Å². The van der Waals surface area contributed by atoms with Gasteiger partial charge in [-0.2, -0.15) is 0 Å². The van der Waals surface area contributed by atoms with Crippen LogP contribution in [-0.2, 0) is 32.0 Å². The second-order valence-corrected chi connectivity index (χ2v) is 10.0. The van der Waals surface area contributed by atoms with Crippen molar-refractivity contribution in [2.45, 2.75) is 77.5 Å². The maximum atomic E-state index is 13.5. The fourth-order valence-electron chi connectivity index (χ4n) is 3.99. The van der Waals surface area contributed by atoms with Crippen molar-refractivity contribution in [3.8, 4) is 0 Å². The quantitative estimate of drug-likeness (QED) is 0.201. The fourth-order valence-corrected chi connectivity index (χ4v) is 3.99. The lowest BCUT2D eigenvalue weighted by Gasteiger charge is -2.26. The normalized spacial score (nSPS) is 15.1. The van der Waals surface area contributed by atoms with Crippen LogP contribution >= 0.6 is 0 Å². The van der Waals surface area contributed by atoms with E-state index in [4.69, 9.17) is 5.73 Å². The molecule has 11 heteroatoms. The lowest BCUT2D eigenvalue weighted by Crippen LogP contribution is -2.58.